The van der Waals surface area contributed by atoms with Gasteiger partial charge in [-0.2, -0.15) is 0 Å². The summed E-state index contributed by atoms with van der Waals surface area (Å²) in [5, 5.41) is 7.53. The van der Waals surface area contributed by atoms with Gasteiger partial charge in [-0.1, -0.05) is 66.7 Å². The van der Waals surface area contributed by atoms with Crippen molar-refractivity contribution >= 4 is 65.5 Å². The third-order valence-electron chi connectivity index (χ3n) is 8.04. The Morgan fingerprint density at radius 2 is 1.26 bits per heavy atom. The minimum atomic E-state index is 0.782. The lowest BCUT2D eigenvalue weighted by Gasteiger charge is -2.10. The van der Waals surface area contributed by atoms with Gasteiger partial charge in [-0.25, -0.2) is 4.98 Å². The molecule has 0 bridgehead atoms. The standard InChI is InChI=1S/C35H21N3O/c1-2-9-23(10-3-1)37-31-17-14-22-8-4-5-11-25(22)35(31)28-19-27-26-12-6-7-13-30(26)38(32(27)20-33(28)37)24-15-16-29-34(18-24)39-21-36-29/h1-21H. The van der Waals surface area contributed by atoms with Crippen LogP contribution in [0.4, 0.5) is 0 Å². The third-order valence-corrected chi connectivity index (χ3v) is 8.04. The molecule has 0 aliphatic rings. The van der Waals surface area contributed by atoms with Crippen LogP contribution in [-0.2, 0) is 0 Å². The topological polar surface area (TPSA) is 35.9 Å². The van der Waals surface area contributed by atoms with Crippen molar-refractivity contribution in [1.82, 2.24) is 14.1 Å². The maximum absolute atomic E-state index is 5.68. The van der Waals surface area contributed by atoms with Gasteiger partial charge < -0.3 is 13.6 Å². The number of rotatable bonds is 2. The highest BCUT2D eigenvalue weighted by atomic mass is 16.3. The Kier molecular flexibility index (Phi) is 4.02. The minimum Gasteiger partial charge on any atom is -0.443 e. The number of hydrogen-bond acceptors (Lipinski definition) is 2. The van der Waals surface area contributed by atoms with Crippen molar-refractivity contribution in [2.24, 2.45) is 0 Å². The maximum Gasteiger partial charge on any atom is 0.181 e. The first kappa shape index (κ1) is 20.7. The number of fused-ring (bicyclic) bond motifs is 9. The normalized spacial score (nSPS) is 12.1. The lowest BCUT2D eigenvalue weighted by atomic mass is 10.0. The van der Waals surface area contributed by atoms with Crippen LogP contribution in [0.25, 0.3) is 76.9 Å². The molecule has 0 aliphatic carbocycles. The van der Waals surface area contributed by atoms with Crippen molar-refractivity contribution in [1.29, 1.82) is 0 Å². The Morgan fingerprint density at radius 3 is 2.18 bits per heavy atom. The smallest absolute Gasteiger partial charge is 0.181 e. The van der Waals surface area contributed by atoms with Crippen LogP contribution in [-0.4, -0.2) is 14.1 Å². The number of nitrogens with zero attached hydrogens (tertiary/aromatic N) is 3. The Bertz CT molecular complexity index is 2390. The zero-order valence-electron chi connectivity index (χ0n) is 20.9. The summed E-state index contributed by atoms with van der Waals surface area (Å²) >= 11 is 0. The van der Waals surface area contributed by atoms with E-state index in [1.807, 2.05) is 6.07 Å². The van der Waals surface area contributed by atoms with Crippen molar-refractivity contribution in [3.8, 4) is 11.4 Å². The lowest BCUT2D eigenvalue weighted by molar-refractivity contribution is 0.602. The van der Waals surface area contributed by atoms with Crippen LogP contribution in [0.1, 0.15) is 0 Å². The van der Waals surface area contributed by atoms with E-state index in [2.05, 4.69) is 129 Å². The van der Waals surface area contributed by atoms with Crippen molar-refractivity contribution in [3.05, 3.63) is 128 Å². The number of hydrogen-bond donors (Lipinski definition) is 0. The molecule has 0 N–H and O–H groups in total. The third kappa shape index (κ3) is 2.80. The van der Waals surface area contributed by atoms with Crippen LogP contribution >= 0.6 is 0 Å². The summed E-state index contributed by atoms with van der Waals surface area (Å²) in [4.78, 5) is 4.32. The number of aromatic nitrogens is 3. The average molecular weight is 500 g/mol. The van der Waals surface area contributed by atoms with Gasteiger partial charge in [0.25, 0.3) is 0 Å². The minimum absolute atomic E-state index is 0.782. The molecule has 0 radical (unpaired) electrons. The van der Waals surface area contributed by atoms with Crippen molar-refractivity contribution in [3.63, 3.8) is 0 Å². The summed E-state index contributed by atoms with van der Waals surface area (Å²) < 4.78 is 10.4. The van der Waals surface area contributed by atoms with Gasteiger partial charge in [0.15, 0.2) is 12.0 Å². The predicted octanol–water partition coefficient (Wildman–Crippen LogP) is 9.18. The monoisotopic (exact) mass is 499 g/mol. The highest BCUT2D eigenvalue weighted by Gasteiger charge is 2.19. The number of oxazole rings is 1. The zero-order chi connectivity index (χ0) is 25.5. The van der Waals surface area contributed by atoms with Crippen LogP contribution < -0.4 is 0 Å². The van der Waals surface area contributed by atoms with Gasteiger partial charge >= 0.3 is 0 Å². The molecule has 182 valence electrons. The SMILES string of the molecule is c1ccc(-n2c3cc4c(cc3c3c5ccccc5ccc32)c2ccccc2n4-c2ccc3ncoc3c2)cc1. The molecule has 0 amide bonds. The first-order valence-corrected chi connectivity index (χ1v) is 13.1. The summed E-state index contributed by atoms with van der Waals surface area (Å²) in [5.41, 5.74) is 8.57. The summed E-state index contributed by atoms with van der Waals surface area (Å²) in [6.45, 7) is 0. The van der Waals surface area contributed by atoms with Crippen LogP contribution in [0.5, 0.6) is 0 Å². The molecule has 0 spiro atoms. The summed E-state index contributed by atoms with van der Waals surface area (Å²) in [6.07, 6.45) is 1.51. The van der Waals surface area contributed by atoms with E-state index in [-0.39, 0.29) is 0 Å². The maximum atomic E-state index is 5.68. The molecular weight excluding hydrogens is 478 g/mol. The fourth-order valence-electron chi connectivity index (χ4n) is 6.36. The molecule has 39 heavy (non-hydrogen) atoms. The van der Waals surface area contributed by atoms with Crippen LogP contribution in [0, 0.1) is 0 Å². The van der Waals surface area contributed by atoms with E-state index < -0.39 is 0 Å². The van der Waals surface area contributed by atoms with Gasteiger partial charge in [-0.15, -0.1) is 0 Å². The first-order valence-electron chi connectivity index (χ1n) is 13.1. The highest BCUT2D eigenvalue weighted by Crippen LogP contribution is 2.41. The first-order chi connectivity index (χ1) is 19.3. The fraction of sp³-hybridized carbons (Fsp3) is 0. The van der Waals surface area contributed by atoms with E-state index in [9.17, 15) is 0 Å². The van der Waals surface area contributed by atoms with E-state index in [0.717, 1.165) is 28.0 Å². The molecule has 0 unspecified atom stereocenters. The molecule has 3 aromatic heterocycles. The molecule has 0 fully saturated rings. The zero-order valence-corrected chi connectivity index (χ0v) is 20.9. The van der Waals surface area contributed by atoms with E-state index >= 15 is 0 Å². The van der Waals surface area contributed by atoms with Gasteiger partial charge in [0.2, 0.25) is 0 Å². The largest absolute Gasteiger partial charge is 0.443 e. The summed E-state index contributed by atoms with van der Waals surface area (Å²) in [5.74, 6) is 0. The van der Waals surface area contributed by atoms with Gasteiger partial charge in [-0.3, -0.25) is 0 Å². The van der Waals surface area contributed by atoms with Crippen LogP contribution in [0.2, 0.25) is 0 Å². The van der Waals surface area contributed by atoms with E-state index in [0.29, 0.717) is 0 Å². The number of benzene rings is 6. The van der Waals surface area contributed by atoms with E-state index in [1.54, 1.807) is 0 Å². The van der Waals surface area contributed by atoms with Gasteiger partial charge in [-0.05, 0) is 59.3 Å². The molecule has 0 saturated carbocycles. The van der Waals surface area contributed by atoms with E-state index in [1.165, 1.54) is 55.3 Å². The molecule has 6 aromatic carbocycles. The second-order valence-electron chi connectivity index (χ2n) is 10.1. The molecule has 9 rings (SSSR count). The van der Waals surface area contributed by atoms with E-state index in [4.69, 9.17) is 4.42 Å². The van der Waals surface area contributed by atoms with Crippen molar-refractivity contribution < 1.29 is 4.42 Å². The Balaban J connectivity index is 1.50. The van der Waals surface area contributed by atoms with Crippen molar-refractivity contribution in [2.75, 3.05) is 0 Å². The molecule has 0 atom stereocenters. The van der Waals surface area contributed by atoms with Crippen molar-refractivity contribution in [2.45, 2.75) is 0 Å². The Labute approximate surface area is 222 Å². The molecule has 4 heteroatoms. The van der Waals surface area contributed by atoms with Crippen LogP contribution in [0.3, 0.4) is 0 Å². The second-order valence-corrected chi connectivity index (χ2v) is 10.1. The second kappa shape index (κ2) is 7.59. The Hall–Kier alpha value is -5.35. The highest BCUT2D eigenvalue weighted by molar-refractivity contribution is 6.25. The lowest BCUT2D eigenvalue weighted by Crippen LogP contribution is -1.95. The fourth-order valence-corrected chi connectivity index (χ4v) is 6.36. The average Bonchev–Trinajstić information content (AvgIpc) is 3.68. The summed E-state index contributed by atoms with van der Waals surface area (Å²) in [6, 6.07) is 43.5. The quantitative estimate of drug-likeness (QED) is 0.238. The molecular formula is C35H21N3O. The Morgan fingerprint density at radius 1 is 0.487 bits per heavy atom. The molecule has 9 aromatic rings. The molecule has 0 aliphatic heterocycles. The molecule has 3 heterocycles. The molecule has 0 saturated heterocycles. The summed E-state index contributed by atoms with van der Waals surface area (Å²) in [7, 11) is 0. The van der Waals surface area contributed by atoms with Gasteiger partial charge in [0, 0.05) is 33.3 Å². The number of para-hydroxylation sites is 2. The van der Waals surface area contributed by atoms with Crippen LogP contribution in [0.15, 0.2) is 132 Å². The van der Waals surface area contributed by atoms with Gasteiger partial charge in [0.05, 0.1) is 27.8 Å². The molecule has 4 nitrogen and oxygen atoms in total. The van der Waals surface area contributed by atoms with Gasteiger partial charge in [0.1, 0.15) is 5.52 Å². The predicted molar refractivity (Wildman–Crippen MR) is 160 cm³/mol.